The number of ether oxygens (including phenoxy) is 1. The quantitative estimate of drug-likeness (QED) is 0.332. The first kappa shape index (κ1) is 26.6. The van der Waals surface area contributed by atoms with Crippen LogP contribution in [0.25, 0.3) is 0 Å². The lowest BCUT2D eigenvalue weighted by Gasteiger charge is -2.28. The third kappa shape index (κ3) is 5.51. The molecule has 1 atom stereocenters. The molecule has 3 aromatic rings. The molecule has 3 aromatic heterocycles. The summed E-state index contributed by atoms with van der Waals surface area (Å²) in [6.07, 6.45) is 5.14. The maximum absolute atomic E-state index is 13.4. The number of carbonyl (C=O) groups excluding carboxylic acids is 2. The predicted molar refractivity (Wildman–Crippen MR) is 140 cm³/mol. The fraction of sp³-hybridized carbons (Fsp3) is 0.560. The van der Waals surface area contributed by atoms with Crippen molar-refractivity contribution in [2.24, 2.45) is 18.9 Å². The number of fused-ring (bicyclic) bond motifs is 1. The van der Waals surface area contributed by atoms with Crippen LogP contribution in [0.15, 0.2) is 12.4 Å². The summed E-state index contributed by atoms with van der Waals surface area (Å²) >= 11 is 1.41. The van der Waals surface area contributed by atoms with Crippen LogP contribution in [0.1, 0.15) is 58.9 Å². The van der Waals surface area contributed by atoms with E-state index in [1.54, 1.807) is 13.4 Å². The van der Waals surface area contributed by atoms with Gasteiger partial charge in [-0.3, -0.25) is 14.2 Å². The van der Waals surface area contributed by atoms with Crippen LogP contribution < -0.4 is 20.7 Å². The molecule has 11 nitrogen and oxygen atoms in total. The van der Waals surface area contributed by atoms with Gasteiger partial charge in [0.15, 0.2) is 0 Å². The van der Waals surface area contributed by atoms with Crippen molar-refractivity contribution in [3.63, 3.8) is 0 Å². The summed E-state index contributed by atoms with van der Waals surface area (Å²) in [5.74, 6) is 0.172. The molecule has 0 aliphatic heterocycles. The lowest BCUT2D eigenvalue weighted by atomic mass is 9.83. The number of thiophene rings is 1. The van der Waals surface area contributed by atoms with Crippen molar-refractivity contribution in [2.75, 3.05) is 17.2 Å². The maximum atomic E-state index is 13.4. The summed E-state index contributed by atoms with van der Waals surface area (Å²) in [6, 6.07) is 1.23. The van der Waals surface area contributed by atoms with Crippen molar-refractivity contribution in [1.29, 1.82) is 0 Å². The zero-order chi connectivity index (χ0) is 28.0. The maximum Gasteiger partial charge on any atom is 0.388 e. The first-order chi connectivity index (χ1) is 19.2. The van der Waals surface area contributed by atoms with Crippen molar-refractivity contribution in [2.45, 2.75) is 63.8 Å². The molecule has 0 bridgehead atoms. The second kappa shape index (κ2) is 10.7. The fourth-order valence-corrected chi connectivity index (χ4v) is 6.42. The van der Waals surface area contributed by atoms with Gasteiger partial charge < -0.3 is 20.7 Å². The normalized spacial score (nSPS) is 22.0. The number of nitrogens with one attached hydrogen (secondary N) is 3. The predicted octanol–water partition coefficient (Wildman–Crippen LogP) is 3.97. The van der Waals surface area contributed by atoms with Gasteiger partial charge in [-0.05, 0) is 56.4 Å². The number of alkyl halides is 3. The highest BCUT2D eigenvalue weighted by Gasteiger charge is 2.37. The number of hydrogen-bond acceptors (Lipinski definition) is 8. The molecule has 3 N–H and O–H groups in total. The Morgan fingerprint density at radius 1 is 1.25 bits per heavy atom. The van der Waals surface area contributed by atoms with Crippen LogP contribution in [0.4, 0.5) is 29.9 Å². The molecule has 3 aliphatic rings. The zero-order valence-electron chi connectivity index (χ0n) is 21.7. The van der Waals surface area contributed by atoms with Gasteiger partial charge in [0.05, 0.1) is 5.56 Å². The minimum Gasteiger partial charge on any atom is -0.415 e. The Morgan fingerprint density at radius 3 is 2.77 bits per heavy atom. The topological polar surface area (TPSA) is 128 Å². The van der Waals surface area contributed by atoms with Crippen LogP contribution in [-0.2, 0) is 24.7 Å². The van der Waals surface area contributed by atoms with Gasteiger partial charge in [0, 0.05) is 36.5 Å². The molecular weight excluding hydrogens is 549 g/mol. The van der Waals surface area contributed by atoms with E-state index in [-0.39, 0.29) is 42.5 Å². The number of halogens is 3. The number of aromatic nitrogens is 5. The molecule has 0 radical (unpaired) electrons. The number of carbonyl (C=O) groups is 2. The van der Waals surface area contributed by atoms with Crippen molar-refractivity contribution >= 4 is 39.9 Å². The van der Waals surface area contributed by atoms with E-state index in [1.165, 1.54) is 22.1 Å². The number of hydrogen-bond donors (Lipinski definition) is 3. The van der Waals surface area contributed by atoms with E-state index >= 15 is 0 Å². The molecule has 3 aliphatic carbocycles. The van der Waals surface area contributed by atoms with E-state index in [2.05, 4.69) is 36.0 Å². The Kier molecular flexibility index (Phi) is 7.15. The Balaban J connectivity index is 1.23. The molecule has 2 saturated carbocycles. The van der Waals surface area contributed by atoms with Crippen molar-refractivity contribution in [3.8, 4) is 5.88 Å². The van der Waals surface area contributed by atoms with Crippen LogP contribution in [0.2, 0.25) is 0 Å². The van der Waals surface area contributed by atoms with E-state index in [4.69, 9.17) is 0 Å². The molecular formula is C25H29F3N8O3S. The van der Waals surface area contributed by atoms with Crippen LogP contribution in [0, 0.1) is 11.8 Å². The van der Waals surface area contributed by atoms with Crippen LogP contribution in [-0.4, -0.2) is 55.7 Å². The number of rotatable bonds is 10. The van der Waals surface area contributed by atoms with Gasteiger partial charge >= 0.3 is 6.61 Å². The van der Waals surface area contributed by atoms with Crippen molar-refractivity contribution in [1.82, 2.24) is 29.9 Å². The number of amides is 2. The zero-order valence-corrected chi connectivity index (χ0v) is 22.5. The molecule has 40 heavy (non-hydrogen) atoms. The highest BCUT2D eigenvalue weighted by molar-refractivity contribution is 7.17. The largest absolute Gasteiger partial charge is 0.415 e. The Hall–Kier alpha value is -3.62. The van der Waals surface area contributed by atoms with Gasteiger partial charge in [-0.2, -0.15) is 8.78 Å². The Morgan fingerprint density at radius 2 is 2.05 bits per heavy atom. The third-order valence-electron chi connectivity index (χ3n) is 7.67. The van der Waals surface area contributed by atoms with Gasteiger partial charge in [0.25, 0.3) is 5.91 Å². The molecule has 6 rings (SSSR count). The minimum absolute atomic E-state index is 0.109. The number of anilines is 3. The molecule has 0 spiro atoms. The lowest BCUT2D eigenvalue weighted by molar-refractivity contribution is -0.124. The molecule has 15 heteroatoms. The summed E-state index contributed by atoms with van der Waals surface area (Å²) < 4.78 is 46.2. The molecule has 2 fully saturated rings. The van der Waals surface area contributed by atoms with Gasteiger partial charge in [-0.25, -0.2) is 9.07 Å². The molecule has 214 valence electrons. The molecule has 0 unspecified atom stereocenters. The second-order valence-electron chi connectivity index (χ2n) is 10.6. The highest BCUT2D eigenvalue weighted by Crippen LogP contribution is 2.43. The summed E-state index contributed by atoms with van der Waals surface area (Å²) in [5, 5.41) is 21.7. The van der Waals surface area contributed by atoms with E-state index < -0.39 is 12.8 Å². The molecule has 0 saturated heterocycles. The van der Waals surface area contributed by atoms with Crippen molar-refractivity contribution < 1.29 is 27.5 Å². The Bertz CT molecular complexity index is 1410. The van der Waals surface area contributed by atoms with Crippen LogP contribution in [0.3, 0.4) is 0 Å². The van der Waals surface area contributed by atoms with Gasteiger partial charge in [-0.1, -0.05) is 0 Å². The summed E-state index contributed by atoms with van der Waals surface area (Å²) in [6.45, 7) is -2.40. The van der Waals surface area contributed by atoms with Gasteiger partial charge in [0.1, 0.15) is 23.3 Å². The third-order valence-corrected chi connectivity index (χ3v) is 8.88. The standard InChI is InChI=1S/C25H29F3N8O3S/c1-35-18(9-19(34-35)39-24(27)28)31-25-33-30-11-36(25)15-4-5-17-16(8-15)20(22(38)29-10-12-2-3-12)23(40-17)32-21(37)13-6-14(26)7-13/h9,11-15,24H,2-8,10H2,1H3,(H,29,38)(H,31,33)(H,32,37)/t13?,14?,15-/m0/s1. The van der Waals surface area contributed by atoms with E-state index in [0.29, 0.717) is 47.6 Å². The average Bonchev–Trinajstić information content (AvgIpc) is 3.33. The first-order valence-electron chi connectivity index (χ1n) is 13.3. The number of aryl methyl sites for hydroxylation is 2. The molecule has 0 aromatic carbocycles. The van der Waals surface area contributed by atoms with Gasteiger partial charge in [-0.15, -0.1) is 26.6 Å². The van der Waals surface area contributed by atoms with Crippen molar-refractivity contribution in [3.05, 3.63) is 28.4 Å². The second-order valence-corrected chi connectivity index (χ2v) is 11.7. The fourth-order valence-electron chi connectivity index (χ4n) is 5.18. The van der Waals surface area contributed by atoms with E-state index in [9.17, 15) is 22.8 Å². The summed E-state index contributed by atoms with van der Waals surface area (Å²) in [4.78, 5) is 27.2. The smallest absolute Gasteiger partial charge is 0.388 e. The van der Waals surface area contributed by atoms with Crippen LogP contribution in [0.5, 0.6) is 5.88 Å². The Labute approximate surface area is 231 Å². The minimum atomic E-state index is -2.99. The van der Waals surface area contributed by atoms with E-state index in [1.807, 2.05) is 4.57 Å². The first-order valence-corrected chi connectivity index (χ1v) is 14.1. The van der Waals surface area contributed by atoms with Gasteiger partial charge in [0.2, 0.25) is 17.7 Å². The van der Waals surface area contributed by atoms with E-state index in [0.717, 1.165) is 29.7 Å². The molecule has 3 heterocycles. The number of nitrogens with zero attached hydrogens (tertiary/aromatic N) is 5. The lowest BCUT2D eigenvalue weighted by Crippen LogP contribution is -2.36. The molecule has 2 amide bonds. The monoisotopic (exact) mass is 578 g/mol. The van der Waals surface area contributed by atoms with Crippen LogP contribution >= 0.6 is 11.3 Å². The highest BCUT2D eigenvalue weighted by atomic mass is 32.1. The summed E-state index contributed by atoms with van der Waals surface area (Å²) in [7, 11) is 1.58. The average molecular weight is 579 g/mol. The summed E-state index contributed by atoms with van der Waals surface area (Å²) in [5.41, 5.74) is 1.34. The SMILES string of the molecule is Cn1nc(OC(F)F)cc1Nc1nncn1[C@H]1CCc2sc(NC(=O)C3CC(F)C3)c(C(=O)NCC3CC3)c2C1.